The van der Waals surface area contributed by atoms with Gasteiger partial charge in [0, 0.05) is 0 Å². The number of fused-ring (bicyclic) bond motifs is 1. The molecule has 0 N–H and O–H groups in total. The van der Waals surface area contributed by atoms with Gasteiger partial charge in [0.15, 0.2) is 0 Å². The highest BCUT2D eigenvalue weighted by atomic mass is 35.5. The molecule has 2 aromatic rings. The number of imidazole rings is 1. The van der Waals surface area contributed by atoms with E-state index in [1.807, 2.05) is 12.1 Å². The number of ether oxygens (including phenoxy) is 1. The predicted octanol–water partition coefficient (Wildman–Crippen LogP) is 2.99. The van der Waals surface area contributed by atoms with E-state index in [-0.39, 0.29) is 18.4 Å². The van der Waals surface area contributed by atoms with Gasteiger partial charge in [-0.1, -0.05) is 17.7 Å². The van der Waals surface area contributed by atoms with Crippen LogP contribution in [0.25, 0.3) is 11.0 Å². The second-order valence-electron chi connectivity index (χ2n) is 3.66. The van der Waals surface area contributed by atoms with Crippen molar-refractivity contribution in [3.05, 3.63) is 29.0 Å². The van der Waals surface area contributed by atoms with Gasteiger partial charge in [-0.15, -0.1) is 11.6 Å². The van der Waals surface area contributed by atoms with Gasteiger partial charge in [-0.25, -0.2) is 4.98 Å². The van der Waals surface area contributed by atoms with Crippen LogP contribution in [-0.4, -0.2) is 22.1 Å². The van der Waals surface area contributed by atoms with Gasteiger partial charge >= 0.3 is 5.97 Å². The fourth-order valence-corrected chi connectivity index (χ4v) is 2.19. The molecule has 0 aliphatic heterocycles. The molecule has 0 saturated heterocycles. The molecule has 0 fully saturated rings. The van der Waals surface area contributed by atoms with Crippen molar-refractivity contribution in [2.75, 3.05) is 6.61 Å². The Kier molecular flexibility index (Phi) is 4.09. The lowest BCUT2D eigenvalue weighted by atomic mass is 10.3. The van der Waals surface area contributed by atoms with Gasteiger partial charge in [0.05, 0.1) is 23.0 Å². The van der Waals surface area contributed by atoms with Crippen molar-refractivity contribution in [2.45, 2.75) is 19.3 Å². The molecule has 0 bridgehead atoms. The lowest BCUT2D eigenvalue weighted by Gasteiger charge is -2.06. The smallest absolute Gasteiger partial charge is 0.326 e. The van der Waals surface area contributed by atoms with Gasteiger partial charge in [-0.2, -0.15) is 0 Å². The van der Waals surface area contributed by atoms with Crippen LogP contribution < -0.4 is 0 Å². The zero-order valence-electron chi connectivity index (χ0n) is 9.82. The number of alkyl halides is 1. The molecule has 0 radical (unpaired) electrons. The van der Waals surface area contributed by atoms with E-state index < -0.39 is 0 Å². The first-order valence-electron chi connectivity index (χ1n) is 5.52. The van der Waals surface area contributed by atoms with Crippen molar-refractivity contribution < 1.29 is 9.53 Å². The van der Waals surface area contributed by atoms with Gasteiger partial charge in [0.1, 0.15) is 17.9 Å². The molecule has 0 aliphatic carbocycles. The summed E-state index contributed by atoms with van der Waals surface area (Å²) in [6, 6.07) is 5.42. The SMILES string of the molecule is CCOC(=O)Cn1c(CCl)nc2c(Cl)cccc21. The van der Waals surface area contributed by atoms with E-state index in [0.29, 0.717) is 23.0 Å². The second kappa shape index (κ2) is 5.59. The summed E-state index contributed by atoms with van der Waals surface area (Å²) in [5.74, 6) is 0.501. The lowest BCUT2D eigenvalue weighted by molar-refractivity contribution is -0.143. The maximum atomic E-state index is 11.6. The number of para-hydroxylation sites is 1. The number of carbonyl (C=O) groups excluding carboxylic acids is 1. The Balaban J connectivity index is 2.47. The van der Waals surface area contributed by atoms with Crippen molar-refractivity contribution in [3.8, 4) is 0 Å². The van der Waals surface area contributed by atoms with Crippen LogP contribution in [-0.2, 0) is 22.0 Å². The van der Waals surface area contributed by atoms with Crippen LogP contribution in [0.1, 0.15) is 12.7 Å². The van der Waals surface area contributed by atoms with E-state index in [4.69, 9.17) is 27.9 Å². The van der Waals surface area contributed by atoms with E-state index >= 15 is 0 Å². The van der Waals surface area contributed by atoms with Crippen LogP contribution in [0.2, 0.25) is 5.02 Å². The summed E-state index contributed by atoms with van der Waals surface area (Å²) in [4.78, 5) is 15.9. The van der Waals surface area contributed by atoms with Gasteiger partial charge in [-0.05, 0) is 19.1 Å². The minimum atomic E-state index is -0.317. The fraction of sp³-hybridized carbons (Fsp3) is 0.333. The number of aromatic nitrogens is 2. The lowest BCUT2D eigenvalue weighted by Crippen LogP contribution is -2.15. The number of hydrogen-bond acceptors (Lipinski definition) is 3. The Labute approximate surface area is 114 Å². The van der Waals surface area contributed by atoms with Gasteiger partial charge < -0.3 is 9.30 Å². The van der Waals surface area contributed by atoms with Gasteiger partial charge in [0.25, 0.3) is 0 Å². The molecule has 1 heterocycles. The van der Waals surface area contributed by atoms with Crippen molar-refractivity contribution in [1.29, 1.82) is 0 Å². The molecular formula is C12H12Cl2N2O2. The molecule has 6 heteroatoms. The molecule has 0 unspecified atom stereocenters. The molecule has 0 amide bonds. The number of carbonyl (C=O) groups is 1. The number of esters is 1. The molecule has 4 nitrogen and oxygen atoms in total. The van der Waals surface area contributed by atoms with E-state index in [2.05, 4.69) is 4.98 Å². The normalized spacial score (nSPS) is 10.8. The van der Waals surface area contributed by atoms with Crippen molar-refractivity contribution in [1.82, 2.24) is 9.55 Å². The minimum Gasteiger partial charge on any atom is -0.465 e. The molecule has 0 atom stereocenters. The Hall–Kier alpha value is -1.26. The molecule has 18 heavy (non-hydrogen) atoms. The zero-order chi connectivity index (χ0) is 13.1. The first-order chi connectivity index (χ1) is 8.67. The van der Waals surface area contributed by atoms with E-state index in [1.54, 1.807) is 17.6 Å². The molecule has 2 rings (SSSR count). The summed E-state index contributed by atoms with van der Waals surface area (Å²) in [7, 11) is 0. The first kappa shape index (κ1) is 13.2. The summed E-state index contributed by atoms with van der Waals surface area (Å²) in [5, 5.41) is 0.543. The van der Waals surface area contributed by atoms with Crippen LogP contribution in [0, 0.1) is 0 Å². The van der Waals surface area contributed by atoms with Crippen LogP contribution in [0.3, 0.4) is 0 Å². The number of benzene rings is 1. The first-order valence-corrected chi connectivity index (χ1v) is 6.43. The average Bonchev–Trinajstić information content (AvgIpc) is 2.69. The molecule has 1 aromatic heterocycles. The van der Waals surface area contributed by atoms with Crippen LogP contribution >= 0.6 is 23.2 Å². The summed E-state index contributed by atoms with van der Waals surface area (Å²) < 4.78 is 6.66. The number of halogens is 2. The highest BCUT2D eigenvalue weighted by Gasteiger charge is 2.15. The number of rotatable bonds is 4. The quantitative estimate of drug-likeness (QED) is 0.641. The van der Waals surface area contributed by atoms with E-state index in [0.717, 1.165) is 5.52 Å². The van der Waals surface area contributed by atoms with Crippen molar-refractivity contribution >= 4 is 40.2 Å². The second-order valence-corrected chi connectivity index (χ2v) is 4.33. The molecule has 0 aliphatic rings. The largest absolute Gasteiger partial charge is 0.465 e. The Morgan fingerprint density at radius 2 is 2.28 bits per heavy atom. The molecule has 96 valence electrons. The fourth-order valence-electron chi connectivity index (χ4n) is 1.78. The highest BCUT2D eigenvalue weighted by Crippen LogP contribution is 2.24. The average molecular weight is 287 g/mol. The Morgan fingerprint density at radius 1 is 1.50 bits per heavy atom. The van der Waals surface area contributed by atoms with Crippen LogP contribution in [0.5, 0.6) is 0 Å². The summed E-state index contributed by atoms with van der Waals surface area (Å²) >= 11 is 11.9. The van der Waals surface area contributed by atoms with Crippen LogP contribution in [0.4, 0.5) is 0 Å². The van der Waals surface area contributed by atoms with Gasteiger partial charge in [0.2, 0.25) is 0 Å². The summed E-state index contributed by atoms with van der Waals surface area (Å²) in [5.41, 5.74) is 1.44. The highest BCUT2D eigenvalue weighted by molar-refractivity contribution is 6.35. The maximum absolute atomic E-state index is 11.6. The van der Waals surface area contributed by atoms with Gasteiger partial charge in [-0.3, -0.25) is 4.79 Å². The monoisotopic (exact) mass is 286 g/mol. The van der Waals surface area contributed by atoms with Crippen molar-refractivity contribution in [2.24, 2.45) is 0 Å². The third kappa shape index (κ3) is 2.44. The molecule has 1 aromatic carbocycles. The van der Waals surface area contributed by atoms with E-state index in [1.165, 1.54) is 0 Å². The maximum Gasteiger partial charge on any atom is 0.326 e. The standard InChI is InChI=1S/C12H12Cl2N2O2/c1-2-18-11(17)7-16-9-5-3-4-8(14)12(9)15-10(16)6-13/h3-5H,2,6-7H2,1H3. The molecule has 0 saturated carbocycles. The summed E-state index contributed by atoms with van der Waals surface area (Å²) in [6.45, 7) is 2.21. The van der Waals surface area contributed by atoms with Crippen LogP contribution in [0.15, 0.2) is 18.2 Å². The molecule has 0 spiro atoms. The molecular weight excluding hydrogens is 275 g/mol. The minimum absolute atomic E-state index is 0.0900. The number of hydrogen-bond donors (Lipinski definition) is 0. The van der Waals surface area contributed by atoms with E-state index in [9.17, 15) is 4.79 Å². The number of nitrogens with zero attached hydrogens (tertiary/aromatic N) is 2. The topological polar surface area (TPSA) is 44.1 Å². The Bertz CT molecular complexity index is 581. The third-order valence-electron chi connectivity index (χ3n) is 2.52. The van der Waals surface area contributed by atoms with Crippen molar-refractivity contribution in [3.63, 3.8) is 0 Å². The summed E-state index contributed by atoms with van der Waals surface area (Å²) in [6.07, 6.45) is 0. The third-order valence-corrected chi connectivity index (χ3v) is 3.06. The zero-order valence-corrected chi connectivity index (χ0v) is 11.3. The Morgan fingerprint density at radius 3 is 2.94 bits per heavy atom. The predicted molar refractivity (Wildman–Crippen MR) is 70.9 cm³/mol.